The molecule has 148 valence electrons. The summed E-state index contributed by atoms with van der Waals surface area (Å²) >= 11 is 0. The zero-order chi connectivity index (χ0) is 19.4. The van der Waals surface area contributed by atoms with Crippen LogP contribution in [0.25, 0.3) is 0 Å². The Labute approximate surface area is 160 Å². The number of para-hydroxylation sites is 1. The smallest absolute Gasteiger partial charge is 0.318 e. The van der Waals surface area contributed by atoms with Gasteiger partial charge in [-0.25, -0.2) is 4.79 Å². The van der Waals surface area contributed by atoms with Gasteiger partial charge in [-0.15, -0.1) is 0 Å². The van der Waals surface area contributed by atoms with E-state index in [1.165, 1.54) is 0 Å². The summed E-state index contributed by atoms with van der Waals surface area (Å²) in [7, 11) is 0. The second-order valence-corrected chi connectivity index (χ2v) is 7.58. The Kier molecular flexibility index (Phi) is 6.34. The molecule has 7 nitrogen and oxygen atoms in total. The lowest BCUT2D eigenvalue weighted by atomic mass is 9.97. The summed E-state index contributed by atoms with van der Waals surface area (Å²) in [6.07, 6.45) is 1.33. The molecule has 3 rings (SSSR count). The fourth-order valence-corrected chi connectivity index (χ4v) is 3.83. The number of urea groups is 1. The minimum absolute atomic E-state index is 0.0544. The zero-order valence-corrected chi connectivity index (χ0v) is 16.1. The molecule has 1 aromatic carbocycles. The molecule has 1 aromatic rings. The van der Waals surface area contributed by atoms with Gasteiger partial charge < -0.3 is 20.6 Å². The Hall–Kier alpha value is -2.12. The monoisotopic (exact) mass is 374 g/mol. The van der Waals surface area contributed by atoms with Crippen molar-refractivity contribution in [3.05, 3.63) is 29.8 Å². The van der Waals surface area contributed by atoms with Crippen LogP contribution in [0.1, 0.15) is 32.3 Å². The summed E-state index contributed by atoms with van der Waals surface area (Å²) in [5, 5.41) is 15.6. The molecule has 0 spiro atoms. The van der Waals surface area contributed by atoms with Crippen LogP contribution in [-0.4, -0.2) is 65.2 Å². The van der Waals surface area contributed by atoms with Gasteiger partial charge in [0.1, 0.15) is 6.04 Å². The highest BCUT2D eigenvalue weighted by molar-refractivity contribution is 5.98. The average Bonchev–Trinajstić information content (AvgIpc) is 3.00. The first-order valence-electron chi connectivity index (χ1n) is 9.83. The van der Waals surface area contributed by atoms with Crippen molar-refractivity contribution in [2.24, 2.45) is 5.92 Å². The quantitative estimate of drug-likeness (QED) is 0.731. The van der Waals surface area contributed by atoms with Gasteiger partial charge in [0.15, 0.2) is 0 Å². The van der Waals surface area contributed by atoms with E-state index in [9.17, 15) is 14.7 Å². The third-order valence-corrected chi connectivity index (χ3v) is 5.62. The van der Waals surface area contributed by atoms with E-state index in [1.807, 2.05) is 38.1 Å². The van der Waals surface area contributed by atoms with E-state index >= 15 is 0 Å². The topological polar surface area (TPSA) is 84.9 Å². The van der Waals surface area contributed by atoms with Gasteiger partial charge in [0.05, 0.1) is 12.6 Å². The molecule has 0 bridgehead atoms. The van der Waals surface area contributed by atoms with Crippen molar-refractivity contribution >= 4 is 17.6 Å². The lowest BCUT2D eigenvalue weighted by molar-refractivity contribution is -0.121. The highest BCUT2D eigenvalue weighted by Crippen LogP contribution is 2.27. The van der Waals surface area contributed by atoms with Crippen LogP contribution in [0, 0.1) is 5.92 Å². The first kappa shape index (κ1) is 19.6. The van der Waals surface area contributed by atoms with E-state index in [2.05, 4.69) is 15.5 Å². The number of aliphatic hydroxyl groups excluding tert-OH is 1. The Morgan fingerprint density at radius 1 is 1.41 bits per heavy atom. The van der Waals surface area contributed by atoms with Gasteiger partial charge in [0.2, 0.25) is 5.91 Å². The number of nitrogens with zero attached hydrogens (tertiary/aromatic N) is 2. The number of hydrogen-bond acceptors (Lipinski definition) is 4. The molecule has 27 heavy (non-hydrogen) atoms. The molecule has 1 fully saturated rings. The molecule has 2 aliphatic rings. The maximum atomic E-state index is 12.9. The fraction of sp³-hybridized carbons (Fsp3) is 0.600. The van der Waals surface area contributed by atoms with Crippen LogP contribution in [0.3, 0.4) is 0 Å². The summed E-state index contributed by atoms with van der Waals surface area (Å²) in [6, 6.07) is 6.91. The highest BCUT2D eigenvalue weighted by Gasteiger charge is 2.36. The molecule has 3 amide bonds. The van der Waals surface area contributed by atoms with Crippen molar-refractivity contribution in [2.45, 2.75) is 45.4 Å². The van der Waals surface area contributed by atoms with Crippen molar-refractivity contribution in [3.63, 3.8) is 0 Å². The number of aliphatic hydroxyl groups is 1. The molecule has 2 heterocycles. The molecule has 3 N–H and O–H groups in total. The van der Waals surface area contributed by atoms with Crippen molar-refractivity contribution in [1.29, 1.82) is 0 Å². The van der Waals surface area contributed by atoms with E-state index in [0.717, 1.165) is 30.6 Å². The van der Waals surface area contributed by atoms with Crippen molar-refractivity contribution in [3.8, 4) is 0 Å². The van der Waals surface area contributed by atoms with Gasteiger partial charge in [0, 0.05) is 31.9 Å². The molecule has 3 unspecified atom stereocenters. The Morgan fingerprint density at radius 2 is 2.19 bits per heavy atom. The van der Waals surface area contributed by atoms with Gasteiger partial charge in [-0.05, 0) is 24.0 Å². The van der Waals surface area contributed by atoms with Crippen molar-refractivity contribution < 1.29 is 14.7 Å². The number of rotatable bonds is 5. The maximum absolute atomic E-state index is 12.9. The van der Waals surface area contributed by atoms with E-state index < -0.39 is 6.04 Å². The standard InChI is InChI=1S/C20H30N4O3/c1-3-14(2)18-19(26)22-17-7-5-4-6-15(17)12-24(18)20(27)21-9-11-23-10-8-16(25)13-23/h4-7,14,16,18,25H,3,8-13H2,1-2H3,(H,21,27)(H,22,26). The molecule has 0 aromatic heterocycles. The minimum Gasteiger partial charge on any atom is -0.392 e. The van der Waals surface area contributed by atoms with Crippen LogP contribution in [-0.2, 0) is 11.3 Å². The number of carbonyl (C=O) groups excluding carboxylic acids is 2. The maximum Gasteiger partial charge on any atom is 0.318 e. The van der Waals surface area contributed by atoms with Crippen molar-refractivity contribution in [2.75, 3.05) is 31.5 Å². The number of fused-ring (bicyclic) bond motifs is 1. The number of likely N-dealkylation sites (tertiary alicyclic amines) is 1. The van der Waals surface area contributed by atoms with Crippen molar-refractivity contribution in [1.82, 2.24) is 15.1 Å². The van der Waals surface area contributed by atoms with E-state index in [1.54, 1.807) is 4.90 Å². The third kappa shape index (κ3) is 4.59. The Balaban J connectivity index is 1.70. The van der Waals surface area contributed by atoms with Gasteiger partial charge in [-0.3, -0.25) is 9.69 Å². The summed E-state index contributed by atoms with van der Waals surface area (Å²) < 4.78 is 0. The molecule has 3 atom stereocenters. The largest absolute Gasteiger partial charge is 0.392 e. The van der Waals surface area contributed by atoms with Crippen LogP contribution in [0.5, 0.6) is 0 Å². The number of β-amino-alcohol motifs (C(OH)–C–C–N with tert-alkyl or cyclic N) is 1. The van der Waals surface area contributed by atoms with Crippen LogP contribution in [0.4, 0.5) is 10.5 Å². The number of nitrogens with one attached hydrogen (secondary N) is 2. The van der Waals surface area contributed by atoms with Gasteiger partial charge in [0.25, 0.3) is 0 Å². The number of amides is 3. The highest BCUT2D eigenvalue weighted by atomic mass is 16.3. The number of hydrogen-bond donors (Lipinski definition) is 3. The molecular formula is C20H30N4O3. The first-order chi connectivity index (χ1) is 13.0. The number of benzene rings is 1. The summed E-state index contributed by atoms with van der Waals surface area (Å²) in [6.45, 7) is 7.15. The minimum atomic E-state index is -0.504. The molecule has 0 aliphatic carbocycles. The van der Waals surface area contributed by atoms with Gasteiger partial charge in [-0.1, -0.05) is 38.5 Å². The predicted molar refractivity (Wildman–Crippen MR) is 104 cm³/mol. The summed E-state index contributed by atoms with van der Waals surface area (Å²) in [5.41, 5.74) is 1.71. The molecule has 0 saturated carbocycles. The molecular weight excluding hydrogens is 344 g/mol. The van der Waals surface area contributed by atoms with Crippen LogP contribution in [0.15, 0.2) is 24.3 Å². The number of anilines is 1. The van der Waals surface area contributed by atoms with E-state index in [0.29, 0.717) is 26.2 Å². The normalized spacial score (nSPS) is 24.1. The Bertz CT molecular complexity index is 681. The third-order valence-electron chi connectivity index (χ3n) is 5.62. The lowest BCUT2D eigenvalue weighted by Crippen LogP contribution is -2.53. The molecule has 7 heteroatoms. The van der Waals surface area contributed by atoms with E-state index in [-0.39, 0.29) is 24.0 Å². The number of carbonyl (C=O) groups is 2. The van der Waals surface area contributed by atoms with E-state index in [4.69, 9.17) is 0 Å². The average molecular weight is 374 g/mol. The Morgan fingerprint density at radius 3 is 2.89 bits per heavy atom. The first-order valence-corrected chi connectivity index (χ1v) is 9.83. The second-order valence-electron chi connectivity index (χ2n) is 7.58. The molecule has 1 saturated heterocycles. The van der Waals surface area contributed by atoms with Gasteiger partial charge >= 0.3 is 6.03 Å². The van der Waals surface area contributed by atoms with Crippen LogP contribution < -0.4 is 10.6 Å². The zero-order valence-electron chi connectivity index (χ0n) is 16.1. The second kappa shape index (κ2) is 8.71. The SMILES string of the molecule is CCC(C)C1C(=O)Nc2ccccc2CN1C(=O)NCCN1CCC(O)C1. The summed E-state index contributed by atoms with van der Waals surface area (Å²) in [5.74, 6) is -0.0779. The lowest BCUT2D eigenvalue weighted by Gasteiger charge is -2.32. The van der Waals surface area contributed by atoms with Crippen LogP contribution >= 0.6 is 0 Å². The van der Waals surface area contributed by atoms with Crippen LogP contribution in [0.2, 0.25) is 0 Å². The fourth-order valence-electron chi connectivity index (χ4n) is 3.83. The van der Waals surface area contributed by atoms with Gasteiger partial charge in [-0.2, -0.15) is 0 Å². The predicted octanol–water partition coefficient (Wildman–Crippen LogP) is 1.63. The molecule has 2 aliphatic heterocycles. The summed E-state index contributed by atoms with van der Waals surface area (Å²) in [4.78, 5) is 29.6. The molecule has 0 radical (unpaired) electrons.